The monoisotopic (exact) mass is 266 g/mol. The van der Waals surface area contributed by atoms with Crippen LogP contribution in [0.1, 0.15) is 22.5 Å². The largest absolute Gasteiger partial charge is 0.359 e. The Labute approximate surface area is 116 Å². The highest BCUT2D eigenvalue weighted by Crippen LogP contribution is 2.19. The number of nitrogens with zero attached hydrogens (tertiary/aromatic N) is 2. The Morgan fingerprint density at radius 3 is 2.60 bits per heavy atom. The van der Waals surface area contributed by atoms with Gasteiger partial charge in [-0.05, 0) is 43.7 Å². The zero-order chi connectivity index (χ0) is 14.1. The van der Waals surface area contributed by atoms with Gasteiger partial charge in [0.1, 0.15) is 5.71 Å². The average molecular weight is 266 g/mol. The molecule has 0 atom stereocenters. The lowest BCUT2D eigenvalue weighted by Gasteiger charge is -2.01. The predicted octanol–water partition coefficient (Wildman–Crippen LogP) is 1.94. The van der Waals surface area contributed by atoms with Crippen molar-refractivity contribution in [3.63, 3.8) is 0 Å². The lowest BCUT2D eigenvalue weighted by molar-refractivity contribution is -0.116. The minimum atomic E-state index is -0.191. The molecule has 1 aliphatic heterocycles. The van der Waals surface area contributed by atoms with Crippen LogP contribution >= 0.6 is 0 Å². The van der Waals surface area contributed by atoms with Gasteiger partial charge in [-0.3, -0.25) is 9.78 Å². The second-order valence-electron chi connectivity index (χ2n) is 4.74. The summed E-state index contributed by atoms with van der Waals surface area (Å²) in [5.41, 5.74) is 7.67. The fourth-order valence-corrected chi connectivity index (χ4v) is 2.24. The summed E-state index contributed by atoms with van der Waals surface area (Å²) >= 11 is 0. The van der Waals surface area contributed by atoms with E-state index < -0.39 is 0 Å². The highest BCUT2D eigenvalue weighted by atomic mass is 16.2. The van der Waals surface area contributed by atoms with Crippen LogP contribution in [0.4, 0.5) is 0 Å². The zero-order valence-corrected chi connectivity index (χ0v) is 11.3. The van der Waals surface area contributed by atoms with Gasteiger partial charge in [0.2, 0.25) is 0 Å². The third kappa shape index (κ3) is 2.14. The lowest BCUT2D eigenvalue weighted by atomic mass is 10.0. The standard InChI is InChI=1S/C15H14N4O/c1-9-7-10(2)17-13(9)8-12-14(18-19-15(12)20)11-3-5-16-6-4-11/h3-8,17H,1-2H3,(H,19,20)/b12-8-. The quantitative estimate of drug-likeness (QED) is 0.815. The van der Waals surface area contributed by atoms with Crippen LogP contribution in [0.25, 0.3) is 6.08 Å². The van der Waals surface area contributed by atoms with Gasteiger partial charge in [-0.1, -0.05) is 0 Å². The summed E-state index contributed by atoms with van der Waals surface area (Å²) < 4.78 is 0. The van der Waals surface area contributed by atoms with E-state index >= 15 is 0 Å². The summed E-state index contributed by atoms with van der Waals surface area (Å²) in [5, 5.41) is 4.11. The van der Waals surface area contributed by atoms with Crippen LogP contribution < -0.4 is 5.43 Å². The van der Waals surface area contributed by atoms with Crippen molar-refractivity contribution >= 4 is 17.7 Å². The molecule has 0 radical (unpaired) electrons. The van der Waals surface area contributed by atoms with Gasteiger partial charge >= 0.3 is 0 Å². The van der Waals surface area contributed by atoms with Crippen LogP contribution in [-0.2, 0) is 4.79 Å². The van der Waals surface area contributed by atoms with Gasteiger partial charge in [0.25, 0.3) is 5.91 Å². The van der Waals surface area contributed by atoms with E-state index in [1.807, 2.05) is 38.1 Å². The normalized spacial score (nSPS) is 16.4. The minimum Gasteiger partial charge on any atom is -0.359 e. The van der Waals surface area contributed by atoms with E-state index in [9.17, 15) is 4.79 Å². The SMILES string of the molecule is Cc1cc(C)c(/C=C2\C(=O)NN=C2c2ccncc2)[nH]1. The smallest absolute Gasteiger partial charge is 0.273 e. The highest BCUT2D eigenvalue weighted by Gasteiger charge is 2.24. The number of carbonyl (C=O) groups is 1. The van der Waals surface area contributed by atoms with E-state index in [4.69, 9.17) is 0 Å². The number of hydrazone groups is 1. The molecule has 2 aromatic heterocycles. The number of pyridine rings is 1. The maximum Gasteiger partial charge on any atom is 0.273 e. The van der Waals surface area contributed by atoms with Crippen molar-refractivity contribution in [1.82, 2.24) is 15.4 Å². The Balaban J connectivity index is 2.05. The summed E-state index contributed by atoms with van der Waals surface area (Å²) in [7, 11) is 0. The van der Waals surface area contributed by atoms with Crippen molar-refractivity contribution in [2.24, 2.45) is 5.10 Å². The molecule has 20 heavy (non-hydrogen) atoms. The number of hydrogen-bond donors (Lipinski definition) is 2. The second kappa shape index (κ2) is 4.77. The van der Waals surface area contributed by atoms with Crippen LogP contribution in [0.15, 0.2) is 41.3 Å². The van der Waals surface area contributed by atoms with E-state index in [0.717, 1.165) is 22.5 Å². The third-order valence-electron chi connectivity index (χ3n) is 3.20. The average Bonchev–Trinajstić information content (AvgIpc) is 2.95. The third-order valence-corrected chi connectivity index (χ3v) is 3.20. The number of aromatic amines is 1. The summed E-state index contributed by atoms with van der Waals surface area (Å²) in [4.78, 5) is 19.2. The first-order chi connectivity index (χ1) is 9.65. The molecule has 1 aliphatic rings. The maximum atomic E-state index is 12.0. The molecule has 0 unspecified atom stereocenters. The van der Waals surface area contributed by atoms with E-state index in [1.165, 1.54) is 0 Å². The molecule has 3 rings (SSSR count). The van der Waals surface area contributed by atoms with E-state index in [1.54, 1.807) is 12.4 Å². The molecule has 5 nitrogen and oxygen atoms in total. The fourth-order valence-electron chi connectivity index (χ4n) is 2.24. The molecular weight excluding hydrogens is 252 g/mol. The van der Waals surface area contributed by atoms with E-state index in [0.29, 0.717) is 11.3 Å². The molecule has 3 heterocycles. The first-order valence-electron chi connectivity index (χ1n) is 6.32. The number of amides is 1. The van der Waals surface area contributed by atoms with Crippen LogP contribution in [-0.4, -0.2) is 21.6 Å². The number of rotatable bonds is 2. The van der Waals surface area contributed by atoms with Crippen molar-refractivity contribution in [3.8, 4) is 0 Å². The molecule has 0 saturated heterocycles. The van der Waals surface area contributed by atoms with Crippen LogP contribution in [0, 0.1) is 13.8 Å². The summed E-state index contributed by atoms with van der Waals surface area (Å²) in [5.74, 6) is -0.191. The van der Waals surface area contributed by atoms with Crippen LogP contribution in [0.5, 0.6) is 0 Å². The number of H-pyrrole nitrogens is 1. The summed E-state index contributed by atoms with van der Waals surface area (Å²) in [6.07, 6.45) is 5.20. The molecule has 0 saturated carbocycles. The van der Waals surface area contributed by atoms with Crippen LogP contribution in [0.2, 0.25) is 0 Å². The molecule has 100 valence electrons. The van der Waals surface area contributed by atoms with Gasteiger partial charge in [-0.25, -0.2) is 5.43 Å². The first-order valence-corrected chi connectivity index (χ1v) is 6.32. The molecule has 0 aliphatic carbocycles. The fraction of sp³-hybridized carbons (Fsp3) is 0.133. The molecule has 0 fully saturated rings. The second-order valence-corrected chi connectivity index (χ2v) is 4.74. The number of aromatic nitrogens is 2. The molecule has 0 spiro atoms. The van der Waals surface area contributed by atoms with Crippen molar-refractivity contribution in [1.29, 1.82) is 0 Å². The van der Waals surface area contributed by atoms with Gasteiger partial charge in [-0.2, -0.15) is 5.10 Å². The number of carbonyl (C=O) groups excluding carboxylic acids is 1. The lowest BCUT2D eigenvalue weighted by Crippen LogP contribution is -2.13. The Morgan fingerprint density at radius 2 is 1.95 bits per heavy atom. The van der Waals surface area contributed by atoms with Crippen molar-refractivity contribution in [3.05, 3.63) is 58.7 Å². The van der Waals surface area contributed by atoms with Gasteiger partial charge in [0.05, 0.1) is 5.57 Å². The van der Waals surface area contributed by atoms with E-state index in [2.05, 4.69) is 20.5 Å². The molecule has 1 amide bonds. The molecular formula is C15H14N4O. The van der Waals surface area contributed by atoms with Crippen molar-refractivity contribution in [2.45, 2.75) is 13.8 Å². The number of nitrogens with one attached hydrogen (secondary N) is 2. The topological polar surface area (TPSA) is 70.1 Å². The molecule has 2 N–H and O–H groups in total. The van der Waals surface area contributed by atoms with Gasteiger partial charge in [0, 0.05) is 29.3 Å². The summed E-state index contributed by atoms with van der Waals surface area (Å²) in [6.45, 7) is 3.99. The van der Waals surface area contributed by atoms with Gasteiger partial charge in [0.15, 0.2) is 0 Å². The Kier molecular flexibility index (Phi) is 2.95. The van der Waals surface area contributed by atoms with Gasteiger partial charge in [-0.15, -0.1) is 0 Å². The highest BCUT2D eigenvalue weighted by molar-refractivity contribution is 6.33. The molecule has 5 heteroatoms. The predicted molar refractivity (Wildman–Crippen MR) is 77.2 cm³/mol. The summed E-state index contributed by atoms with van der Waals surface area (Å²) in [6, 6.07) is 5.71. The molecule has 2 aromatic rings. The number of aryl methyl sites for hydroxylation is 2. The van der Waals surface area contributed by atoms with Crippen molar-refractivity contribution < 1.29 is 4.79 Å². The Hall–Kier alpha value is -2.69. The first kappa shape index (κ1) is 12.3. The van der Waals surface area contributed by atoms with E-state index in [-0.39, 0.29) is 5.91 Å². The van der Waals surface area contributed by atoms with Crippen molar-refractivity contribution in [2.75, 3.05) is 0 Å². The Bertz CT molecular complexity index is 726. The minimum absolute atomic E-state index is 0.191. The molecule has 0 bridgehead atoms. The maximum absolute atomic E-state index is 12.0. The number of hydrogen-bond acceptors (Lipinski definition) is 3. The Morgan fingerprint density at radius 1 is 1.20 bits per heavy atom. The van der Waals surface area contributed by atoms with Gasteiger partial charge < -0.3 is 4.98 Å². The zero-order valence-electron chi connectivity index (χ0n) is 11.3. The molecule has 0 aromatic carbocycles. The van der Waals surface area contributed by atoms with Crippen LogP contribution in [0.3, 0.4) is 0 Å².